The highest BCUT2D eigenvalue weighted by atomic mass is 14.8. The summed E-state index contributed by atoms with van der Waals surface area (Å²) in [6.07, 6.45) is 5.21. The van der Waals surface area contributed by atoms with Crippen molar-refractivity contribution in [3.8, 4) is 0 Å². The predicted molar refractivity (Wildman–Crippen MR) is 110 cm³/mol. The molecule has 0 bridgehead atoms. The Morgan fingerprint density at radius 2 is 1.60 bits per heavy atom. The zero-order valence-corrected chi connectivity index (χ0v) is 15.2. The molecule has 25 heavy (non-hydrogen) atoms. The lowest BCUT2D eigenvalue weighted by molar-refractivity contribution is 0.540. The van der Waals surface area contributed by atoms with Crippen LogP contribution in [0.25, 0.3) is 10.8 Å². The Morgan fingerprint density at radius 1 is 0.880 bits per heavy atom. The topological polar surface area (TPSA) is 24.1 Å². The number of rotatable bonds is 6. The van der Waals surface area contributed by atoms with Crippen molar-refractivity contribution in [3.63, 3.8) is 0 Å². The van der Waals surface area contributed by atoms with Crippen LogP contribution in [0.2, 0.25) is 0 Å². The lowest BCUT2D eigenvalue weighted by atomic mass is 9.78. The van der Waals surface area contributed by atoms with Gasteiger partial charge in [-0.3, -0.25) is 0 Å². The van der Waals surface area contributed by atoms with Crippen LogP contribution in [0.3, 0.4) is 0 Å². The van der Waals surface area contributed by atoms with Gasteiger partial charge in [-0.15, -0.1) is 0 Å². The second kappa shape index (κ2) is 7.43. The van der Waals surface area contributed by atoms with Crippen LogP contribution in [0, 0.1) is 0 Å². The third-order valence-electron chi connectivity index (χ3n) is 4.64. The maximum Gasteiger partial charge on any atom is 0.0382 e. The van der Waals surface area contributed by atoms with E-state index in [2.05, 4.69) is 79.1 Å². The first kappa shape index (κ1) is 17.1. The van der Waals surface area contributed by atoms with Crippen molar-refractivity contribution in [2.45, 2.75) is 25.7 Å². The highest BCUT2D eigenvalue weighted by Gasteiger charge is 2.24. The maximum atomic E-state index is 3.37. The van der Waals surface area contributed by atoms with Gasteiger partial charge in [-0.2, -0.15) is 0 Å². The van der Waals surface area contributed by atoms with Crippen LogP contribution in [-0.4, -0.2) is 7.05 Å². The number of fused-ring (bicyclic) bond motifs is 1. The number of anilines is 2. The van der Waals surface area contributed by atoms with Crippen molar-refractivity contribution in [2.24, 2.45) is 0 Å². The number of nitrogens with one attached hydrogen (secondary N) is 2. The molecular formula is C23H26N2. The average Bonchev–Trinajstić information content (AvgIpc) is 2.65. The van der Waals surface area contributed by atoms with Crippen molar-refractivity contribution in [1.82, 2.24) is 0 Å². The fourth-order valence-corrected chi connectivity index (χ4v) is 3.35. The van der Waals surface area contributed by atoms with Gasteiger partial charge >= 0.3 is 0 Å². The van der Waals surface area contributed by atoms with Gasteiger partial charge in [-0.1, -0.05) is 68.5 Å². The molecule has 3 aromatic carbocycles. The van der Waals surface area contributed by atoms with Crippen LogP contribution in [-0.2, 0) is 5.41 Å². The molecule has 128 valence electrons. The molecule has 0 aliphatic heterocycles. The first-order chi connectivity index (χ1) is 12.1. The van der Waals surface area contributed by atoms with E-state index in [0.29, 0.717) is 0 Å². The minimum absolute atomic E-state index is 0.0219. The molecule has 0 radical (unpaired) electrons. The van der Waals surface area contributed by atoms with E-state index in [4.69, 9.17) is 0 Å². The molecule has 0 heterocycles. The third-order valence-corrected chi connectivity index (χ3v) is 4.64. The van der Waals surface area contributed by atoms with Gasteiger partial charge in [0.1, 0.15) is 0 Å². The summed E-state index contributed by atoms with van der Waals surface area (Å²) >= 11 is 0. The van der Waals surface area contributed by atoms with Crippen molar-refractivity contribution in [3.05, 3.63) is 84.6 Å². The highest BCUT2D eigenvalue weighted by molar-refractivity contribution is 5.91. The van der Waals surface area contributed by atoms with Gasteiger partial charge in [0.25, 0.3) is 0 Å². The Hall–Kier alpha value is -2.74. The largest absolute Gasteiger partial charge is 0.388 e. The fraction of sp³-hybridized carbons (Fsp3) is 0.217. The molecule has 3 rings (SSSR count). The monoisotopic (exact) mass is 330 g/mol. The first-order valence-electron chi connectivity index (χ1n) is 8.78. The average molecular weight is 330 g/mol. The predicted octanol–water partition coefficient (Wildman–Crippen LogP) is 6.18. The number of hydrogen-bond donors (Lipinski definition) is 2. The Kier molecular flexibility index (Phi) is 5.08. The molecule has 0 fully saturated rings. The van der Waals surface area contributed by atoms with Gasteiger partial charge < -0.3 is 10.6 Å². The van der Waals surface area contributed by atoms with E-state index in [1.807, 2.05) is 31.4 Å². The molecule has 0 aliphatic rings. The normalized spacial score (nSPS) is 11.8. The van der Waals surface area contributed by atoms with Gasteiger partial charge in [0.2, 0.25) is 0 Å². The van der Waals surface area contributed by atoms with Crippen LogP contribution in [0.5, 0.6) is 0 Å². The van der Waals surface area contributed by atoms with E-state index in [0.717, 1.165) is 12.1 Å². The lowest BCUT2D eigenvalue weighted by Crippen LogP contribution is -2.18. The van der Waals surface area contributed by atoms with Crippen LogP contribution in [0.1, 0.15) is 25.8 Å². The number of hydrogen-bond acceptors (Lipinski definition) is 2. The molecule has 0 unspecified atom stereocenters. The zero-order valence-electron chi connectivity index (χ0n) is 15.2. The molecule has 0 spiro atoms. The summed E-state index contributed by atoms with van der Waals surface area (Å²) in [5.41, 5.74) is 3.71. The van der Waals surface area contributed by atoms with Crippen molar-refractivity contribution < 1.29 is 0 Å². The van der Waals surface area contributed by atoms with E-state index in [9.17, 15) is 0 Å². The second-order valence-electron chi connectivity index (χ2n) is 6.96. The lowest BCUT2D eigenvalue weighted by Gasteiger charge is -2.28. The fourth-order valence-electron chi connectivity index (χ4n) is 3.35. The molecule has 2 nitrogen and oxygen atoms in total. The van der Waals surface area contributed by atoms with Crippen LogP contribution in [0.15, 0.2) is 79.0 Å². The van der Waals surface area contributed by atoms with Crippen LogP contribution in [0.4, 0.5) is 11.4 Å². The van der Waals surface area contributed by atoms with E-state index in [1.165, 1.54) is 22.0 Å². The van der Waals surface area contributed by atoms with Gasteiger partial charge in [0.15, 0.2) is 0 Å². The smallest absolute Gasteiger partial charge is 0.0382 e. The van der Waals surface area contributed by atoms with Crippen molar-refractivity contribution >= 4 is 22.1 Å². The van der Waals surface area contributed by atoms with E-state index in [-0.39, 0.29) is 5.41 Å². The molecule has 0 amide bonds. The molecule has 0 atom stereocenters. The second-order valence-corrected chi connectivity index (χ2v) is 6.96. The summed E-state index contributed by atoms with van der Waals surface area (Å²) in [6.45, 7) is 4.62. The SMILES string of the molecule is CNc1ccc2ccccc2c1C(C)(C)C/C=C/Nc1ccccc1. The molecule has 3 aromatic rings. The molecule has 0 aromatic heterocycles. The molecule has 2 heteroatoms. The number of allylic oxidation sites excluding steroid dienone is 1. The zero-order chi connectivity index (χ0) is 17.7. The van der Waals surface area contributed by atoms with Gasteiger partial charge in [-0.25, -0.2) is 0 Å². The molecule has 2 N–H and O–H groups in total. The quantitative estimate of drug-likeness (QED) is 0.564. The van der Waals surface area contributed by atoms with E-state index in [1.54, 1.807) is 0 Å². The Morgan fingerprint density at radius 3 is 2.36 bits per heavy atom. The van der Waals surface area contributed by atoms with E-state index < -0.39 is 0 Å². The molecular weight excluding hydrogens is 304 g/mol. The summed E-state index contributed by atoms with van der Waals surface area (Å²) in [5.74, 6) is 0. The van der Waals surface area contributed by atoms with Crippen molar-refractivity contribution in [1.29, 1.82) is 0 Å². The van der Waals surface area contributed by atoms with Crippen molar-refractivity contribution in [2.75, 3.05) is 17.7 Å². The van der Waals surface area contributed by atoms with Crippen LogP contribution < -0.4 is 10.6 Å². The minimum Gasteiger partial charge on any atom is -0.388 e. The summed E-state index contributed by atoms with van der Waals surface area (Å²) in [6, 6.07) is 23.2. The highest BCUT2D eigenvalue weighted by Crippen LogP contribution is 2.38. The standard InChI is InChI=1S/C23H26N2/c1-23(2,16-9-17-25-19-11-5-4-6-12-19)22-20-13-8-7-10-18(20)14-15-21(22)24-3/h4-15,17,24-25H,16H2,1-3H3/b17-9+. The molecule has 0 saturated carbocycles. The van der Waals surface area contributed by atoms with Crippen LogP contribution >= 0.6 is 0 Å². The minimum atomic E-state index is 0.0219. The summed E-state index contributed by atoms with van der Waals surface area (Å²) in [4.78, 5) is 0. The maximum absolute atomic E-state index is 3.37. The summed E-state index contributed by atoms with van der Waals surface area (Å²) < 4.78 is 0. The molecule has 0 saturated heterocycles. The van der Waals surface area contributed by atoms with Gasteiger partial charge in [-0.05, 0) is 52.6 Å². The Balaban J connectivity index is 1.85. The third kappa shape index (κ3) is 3.85. The number of para-hydroxylation sites is 1. The summed E-state index contributed by atoms with van der Waals surface area (Å²) in [5, 5.41) is 9.32. The Bertz CT molecular complexity index is 864. The molecule has 0 aliphatic carbocycles. The van der Waals surface area contributed by atoms with Gasteiger partial charge in [0.05, 0.1) is 0 Å². The van der Waals surface area contributed by atoms with Gasteiger partial charge in [0, 0.05) is 18.4 Å². The Labute approximate surface area is 150 Å². The number of benzene rings is 3. The summed E-state index contributed by atoms with van der Waals surface area (Å²) in [7, 11) is 2.00. The van der Waals surface area contributed by atoms with E-state index >= 15 is 0 Å². The first-order valence-corrected chi connectivity index (χ1v) is 8.78.